The van der Waals surface area contributed by atoms with E-state index in [1.807, 2.05) is 38.1 Å². The Hall–Kier alpha value is -4.37. The van der Waals surface area contributed by atoms with E-state index in [1.165, 1.54) is 11.3 Å². The Morgan fingerprint density at radius 3 is 2.70 bits per heavy atom. The van der Waals surface area contributed by atoms with Crippen LogP contribution in [0.5, 0.6) is 0 Å². The van der Waals surface area contributed by atoms with Crippen molar-refractivity contribution in [2.45, 2.75) is 44.4 Å². The van der Waals surface area contributed by atoms with Crippen molar-refractivity contribution in [3.63, 3.8) is 0 Å². The molecule has 1 atom stereocenters. The Morgan fingerprint density at radius 2 is 1.95 bits per heavy atom. The standard InChI is InChI=1S/C26H27N5O4S.C2HF3O2/c1-26(2)13-20-22(23(32)30-26)36-24(28-20)31-8-9-34-14-18(31)11-15-4-3-5-16(10-15)27-17-6-7-19-21(12-17)35-25(33)29-19;3-2(4,5)1(6)7/h3-7,10,12,18,27H,8-9,11,13-14H2,1-2H3,(H,29,33)(H,30,32);(H,6,7). The molecule has 4 N–H and O–H groups in total. The lowest BCUT2D eigenvalue weighted by molar-refractivity contribution is -0.192. The molecule has 1 fully saturated rings. The van der Waals surface area contributed by atoms with E-state index in [0.717, 1.165) is 52.0 Å². The topological polar surface area (TPSA) is 150 Å². The van der Waals surface area contributed by atoms with Gasteiger partial charge in [0.05, 0.1) is 30.5 Å². The number of amides is 1. The summed E-state index contributed by atoms with van der Waals surface area (Å²) < 4.78 is 42.7. The third-order valence-corrected chi connectivity index (χ3v) is 7.91. The maximum absolute atomic E-state index is 12.6. The van der Waals surface area contributed by atoms with Crippen molar-refractivity contribution in [3.8, 4) is 0 Å². The monoisotopic (exact) mass is 619 g/mol. The van der Waals surface area contributed by atoms with Gasteiger partial charge in [0.15, 0.2) is 10.7 Å². The molecular weight excluding hydrogens is 591 g/mol. The first-order valence-electron chi connectivity index (χ1n) is 13.2. The average molecular weight is 620 g/mol. The van der Waals surface area contributed by atoms with Crippen molar-refractivity contribution in [1.29, 1.82) is 0 Å². The lowest BCUT2D eigenvalue weighted by Crippen LogP contribution is -2.48. The van der Waals surface area contributed by atoms with Gasteiger partial charge in [0.2, 0.25) is 0 Å². The molecule has 0 bridgehead atoms. The molecule has 43 heavy (non-hydrogen) atoms. The Bertz CT molecular complexity index is 1710. The summed E-state index contributed by atoms with van der Waals surface area (Å²) in [6.07, 6.45) is -3.57. The third kappa shape index (κ3) is 7.17. The number of anilines is 3. The molecule has 228 valence electrons. The molecule has 1 saturated heterocycles. The molecule has 0 spiro atoms. The number of thiazole rings is 1. The predicted octanol–water partition coefficient (Wildman–Crippen LogP) is 4.47. The number of fused-ring (bicyclic) bond motifs is 2. The zero-order valence-corrected chi connectivity index (χ0v) is 23.9. The summed E-state index contributed by atoms with van der Waals surface area (Å²) in [5, 5.41) is 14.5. The van der Waals surface area contributed by atoms with Crippen molar-refractivity contribution < 1.29 is 37.0 Å². The number of hydrogen-bond acceptors (Lipinski definition) is 9. The van der Waals surface area contributed by atoms with E-state index in [2.05, 4.69) is 32.7 Å². The summed E-state index contributed by atoms with van der Waals surface area (Å²) in [7, 11) is 0. The first-order valence-corrected chi connectivity index (χ1v) is 14.0. The smallest absolute Gasteiger partial charge is 0.475 e. The van der Waals surface area contributed by atoms with Gasteiger partial charge in [-0.15, -0.1) is 0 Å². The van der Waals surface area contributed by atoms with Gasteiger partial charge in [0.25, 0.3) is 5.91 Å². The lowest BCUT2D eigenvalue weighted by atomic mass is 9.94. The van der Waals surface area contributed by atoms with E-state index in [-0.39, 0.29) is 17.5 Å². The number of H-pyrrole nitrogens is 1. The molecule has 2 aromatic heterocycles. The predicted molar refractivity (Wildman–Crippen MR) is 153 cm³/mol. The molecule has 11 nitrogen and oxygen atoms in total. The fourth-order valence-electron chi connectivity index (χ4n) is 4.90. The van der Waals surface area contributed by atoms with Crippen molar-refractivity contribution in [2.75, 3.05) is 30.0 Å². The van der Waals surface area contributed by atoms with E-state index in [9.17, 15) is 22.8 Å². The van der Waals surface area contributed by atoms with Gasteiger partial charge >= 0.3 is 17.9 Å². The van der Waals surface area contributed by atoms with Gasteiger partial charge in [-0.05, 0) is 50.1 Å². The van der Waals surface area contributed by atoms with E-state index in [4.69, 9.17) is 24.0 Å². The highest BCUT2D eigenvalue weighted by Crippen LogP contribution is 2.34. The second kappa shape index (κ2) is 11.7. The van der Waals surface area contributed by atoms with Crippen LogP contribution < -0.4 is 21.3 Å². The van der Waals surface area contributed by atoms with Crippen LogP contribution in [0, 0.1) is 0 Å². The number of oxazole rings is 1. The molecule has 4 heterocycles. The minimum Gasteiger partial charge on any atom is -0.475 e. The SMILES string of the molecule is CC1(C)Cc2nc(N3CCOCC3Cc3cccc(Nc4ccc5[nH]c(=O)oc5c4)c3)sc2C(=O)N1.O=C(O)C(F)(F)F. The molecule has 2 aliphatic heterocycles. The number of rotatable bonds is 5. The number of benzene rings is 2. The van der Waals surface area contributed by atoms with E-state index in [0.29, 0.717) is 24.3 Å². The zero-order chi connectivity index (χ0) is 30.9. The molecule has 15 heteroatoms. The van der Waals surface area contributed by atoms with Crippen LogP contribution in [0.4, 0.5) is 29.7 Å². The number of aromatic amines is 1. The highest BCUT2D eigenvalue weighted by molar-refractivity contribution is 7.17. The van der Waals surface area contributed by atoms with Gasteiger partial charge in [-0.3, -0.25) is 9.78 Å². The van der Waals surface area contributed by atoms with Crippen LogP contribution in [0.2, 0.25) is 0 Å². The third-order valence-electron chi connectivity index (χ3n) is 6.78. The number of aromatic nitrogens is 2. The Kier molecular flexibility index (Phi) is 8.21. The van der Waals surface area contributed by atoms with E-state index >= 15 is 0 Å². The normalized spacial score (nSPS) is 17.9. The van der Waals surface area contributed by atoms with Crippen LogP contribution in [0.25, 0.3) is 11.1 Å². The number of nitrogens with one attached hydrogen (secondary N) is 3. The van der Waals surface area contributed by atoms with Gasteiger partial charge in [-0.1, -0.05) is 23.5 Å². The summed E-state index contributed by atoms with van der Waals surface area (Å²) in [6, 6.07) is 13.9. The maximum Gasteiger partial charge on any atom is 0.490 e. The number of halogens is 3. The summed E-state index contributed by atoms with van der Waals surface area (Å²) in [6.45, 7) is 6.03. The molecule has 0 radical (unpaired) electrons. The van der Waals surface area contributed by atoms with Crippen LogP contribution in [0.15, 0.2) is 51.7 Å². The van der Waals surface area contributed by atoms with Gasteiger partial charge in [-0.25, -0.2) is 14.6 Å². The summed E-state index contributed by atoms with van der Waals surface area (Å²) >= 11 is 1.47. The fraction of sp³-hybridized carbons (Fsp3) is 0.357. The van der Waals surface area contributed by atoms with Crippen LogP contribution >= 0.6 is 11.3 Å². The molecular formula is C28H28F3N5O6S. The van der Waals surface area contributed by atoms with Gasteiger partial charge in [0, 0.05) is 35.9 Å². The van der Waals surface area contributed by atoms with Crippen LogP contribution in [-0.2, 0) is 22.4 Å². The van der Waals surface area contributed by atoms with Crippen molar-refractivity contribution in [2.24, 2.45) is 0 Å². The number of nitrogens with zero attached hydrogens (tertiary/aromatic N) is 2. The highest BCUT2D eigenvalue weighted by Gasteiger charge is 2.38. The molecule has 2 aromatic carbocycles. The van der Waals surface area contributed by atoms with Gasteiger partial charge < -0.3 is 29.8 Å². The minimum atomic E-state index is -5.08. The second-order valence-corrected chi connectivity index (χ2v) is 11.7. The van der Waals surface area contributed by atoms with Gasteiger partial charge in [-0.2, -0.15) is 13.2 Å². The number of carboxylic acids is 1. The van der Waals surface area contributed by atoms with E-state index in [1.54, 1.807) is 6.07 Å². The Labute approximate surface area is 246 Å². The number of carbonyl (C=O) groups is 2. The number of carboxylic acid groups (broad SMARTS) is 1. The fourth-order valence-corrected chi connectivity index (χ4v) is 5.98. The number of aliphatic carboxylic acids is 1. The number of hydrogen-bond donors (Lipinski definition) is 4. The van der Waals surface area contributed by atoms with Crippen molar-refractivity contribution in [3.05, 3.63) is 69.1 Å². The molecule has 1 amide bonds. The average Bonchev–Trinajstić information content (AvgIpc) is 3.51. The van der Waals surface area contributed by atoms with Crippen LogP contribution in [0.1, 0.15) is 34.8 Å². The number of alkyl halides is 3. The van der Waals surface area contributed by atoms with Crippen molar-refractivity contribution >= 4 is 50.8 Å². The number of morpholine rings is 1. The van der Waals surface area contributed by atoms with Crippen LogP contribution in [-0.4, -0.2) is 64.5 Å². The number of carbonyl (C=O) groups excluding carboxylic acids is 1. The largest absolute Gasteiger partial charge is 0.490 e. The Balaban J connectivity index is 0.000000472. The molecule has 4 aromatic rings. The minimum absolute atomic E-state index is 0.0364. The molecule has 6 rings (SSSR count). The highest BCUT2D eigenvalue weighted by atomic mass is 32.1. The molecule has 2 aliphatic rings. The lowest BCUT2D eigenvalue weighted by Gasteiger charge is -2.35. The first kappa shape index (κ1) is 30.1. The second-order valence-electron chi connectivity index (χ2n) is 10.8. The molecule has 1 unspecified atom stereocenters. The summed E-state index contributed by atoms with van der Waals surface area (Å²) in [5.74, 6) is -3.26. The summed E-state index contributed by atoms with van der Waals surface area (Å²) in [5.41, 5.74) is 4.71. The van der Waals surface area contributed by atoms with Crippen LogP contribution in [0.3, 0.4) is 0 Å². The molecule has 0 saturated carbocycles. The maximum atomic E-state index is 12.6. The molecule has 0 aliphatic carbocycles. The Morgan fingerprint density at radius 1 is 1.21 bits per heavy atom. The quantitative estimate of drug-likeness (QED) is 0.254. The first-order chi connectivity index (χ1) is 20.3. The van der Waals surface area contributed by atoms with E-state index < -0.39 is 17.9 Å². The van der Waals surface area contributed by atoms with Crippen molar-refractivity contribution in [1.82, 2.24) is 15.3 Å². The number of ether oxygens (including phenoxy) is 1. The van der Waals surface area contributed by atoms with Gasteiger partial charge in [0.1, 0.15) is 4.88 Å². The zero-order valence-electron chi connectivity index (χ0n) is 23.1. The summed E-state index contributed by atoms with van der Waals surface area (Å²) in [4.78, 5) is 43.5.